The number of carbonyl (C=O) groups is 2. The van der Waals surface area contributed by atoms with Gasteiger partial charge in [-0.2, -0.15) is 0 Å². The molecule has 8 nitrogen and oxygen atoms in total. The lowest BCUT2D eigenvalue weighted by Gasteiger charge is -2.34. The molecular formula is C33H40FN3O5S. The van der Waals surface area contributed by atoms with Crippen molar-refractivity contribution in [2.24, 2.45) is 0 Å². The van der Waals surface area contributed by atoms with E-state index in [2.05, 4.69) is 5.32 Å². The van der Waals surface area contributed by atoms with Crippen molar-refractivity contribution in [2.45, 2.75) is 75.9 Å². The number of halogens is 1. The van der Waals surface area contributed by atoms with Gasteiger partial charge in [-0.1, -0.05) is 56.0 Å². The van der Waals surface area contributed by atoms with E-state index in [4.69, 9.17) is 4.74 Å². The molecule has 0 saturated heterocycles. The van der Waals surface area contributed by atoms with Crippen LogP contribution in [0.5, 0.6) is 5.75 Å². The molecule has 0 heterocycles. The van der Waals surface area contributed by atoms with Crippen molar-refractivity contribution < 1.29 is 27.1 Å². The fourth-order valence-electron chi connectivity index (χ4n) is 5.36. The van der Waals surface area contributed by atoms with Gasteiger partial charge in [0.1, 0.15) is 24.2 Å². The maximum Gasteiger partial charge on any atom is 0.264 e. The second kappa shape index (κ2) is 14.5. The van der Waals surface area contributed by atoms with Crippen molar-refractivity contribution in [3.8, 4) is 5.75 Å². The average molecular weight is 610 g/mol. The van der Waals surface area contributed by atoms with E-state index in [1.165, 1.54) is 48.4 Å². The van der Waals surface area contributed by atoms with Crippen LogP contribution in [0.4, 0.5) is 10.1 Å². The van der Waals surface area contributed by atoms with E-state index in [0.29, 0.717) is 12.2 Å². The fraction of sp³-hybridized carbons (Fsp3) is 0.394. The molecule has 0 aromatic heterocycles. The van der Waals surface area contributed by atoms with Gasteiger partial charge in [-0.15, -0.1) is 0 Å². The summed E-state index contributed by atoms with van der Waals surface area (Å²) in [5.41, 5.74) is 1.99. The smallest absolute Gasteiger partial charge is 0.264 e. The Morgan fingerprint density at radius 3 is 2.16 bits per heavy atom. The Bertz CT molecular complexity index is 1470. The number of anilines is 1. The number of nitrogens with one attached hydrogen (secondary N) is 1. The molecule has 1 N–H and O–H groups in total. The molecule has 1 atom stereocenters. The molecule has 1 saturated carbocycles. The van der Waals surface area contributed by atoms with Crippen molar-refractivity contribution in [1.82, 2.24) is 10.2 Å². The highest BCUT2D eigenvalue weighted by Gasteiger charge is 2.34. The van der Waals surface area contributed by atoms with Crippen LogP contribution < -0.4 is 14.4 Å². The molecule has 0 radical (unpaired) electrons. The predicted octanol–water partition coefficient (Wildman–Crippen LogP) is 5.59. The Morgan fingerprint density at radius 2 is 1.58 bits per heavy atom. The summed E-state index contributed by atoms with van der Waals surface area (Å²) in [4.78, 5) is 29.2. The first-order valence-electron chi connectivity index (χ1n) is 14.7. The summed E-state index contributed by atoms with van der Waals surface area (Å²) in [6.45, 7) is 3.34. The number of hydrogen-bond acceptors (Lipinski definition) is 5. The van der Waals surface area contributed by atoms with Crippen LogP contribution in [0.25, 0.3) is 0 Å². The van der Waals surface area contributed by atoms with Crippen LogP contribution in [0.3, 0.4) is 0 Å². The Kier molecular flexibility index (Phi) is 10.8. The van der Waals surface area contributed by atoms with Crippen LogP contribution in [0.15, 0.2) is 77.7 Å². The zero-order valence-electron chi connectivity index (χ0n) is 25.0. The number of hydrogen-bond donors (Lipinski definition) is 1. The van der Waals surface area contributed by atoms with Gasteiger partial charge in [0.25, 0.3) is 10.0 Å². The largest absolute Gasteiger partial charge is 0.497 e. The quantitative estimate of drug-likeness (QED) is 0.289. The van der Waals surface area contributed by atoms with Gasteiger partial charge in [-0.05, 0) is 80.3 Å². The van der Waals surface area contributed by atoms with Crippen LogP contribution in [0.1, 0.15) is 56.6 Å². The molecule has 0 unspecified atom stereocenters. The zero-order chi connectivity index (χ0) is 31.0. The summed E-state index contributed by atoms with van der Waals surface area (Å²) >= 11 is 0. The molecule has 0 bridgehead atoms. The molecule has 3 aromatic rings. The Morgan fingerprint density at radius 1 is 0.953 bits per heavy atom. The summed E-state index contributed by atoms with van der Waals surface area (Å²) in [6.07, 6.45) is 5.37. The average Bonchev–Trinajstić information content (AvgIpc) is 3.01. The molecule has 4 rings (SSSR count). The predicted molar refractivity (Wildman–Crippen MR) is 165 cm³/mol. The summed E-state index contributed by atoms with van der Waals surface area (Å²) in [6, 6.07) is 17.7. The van der Waals surface area contributed by atoms with E-state index in [-0.39, 0.29) is 29.1 Å². The molecule has 10 heteroatoms. The van der Waals surface area contributed by atoms with Gasteiger partial charge in [-0.3, -0.25) is 13.9 Å². The van der Waals surface area contributed by atoms with E-state index in [1.54, 1.807) is 0 Å². The van der Waals surface area contributed by atoms with Gasteiger partial charge < -0.3 is 15.0 Å². The third kappa shape index (κ3) is 8.13. The molecule has 230 valence electrons. The highest BCUT2D eigenvalue weighted by atomic mass is 32.2. The summed E-state index contributed by atoms with van der Waals surface area (Å²) < 4.78 is 47.9. The molecule has 0 aliphatic heterocycles. The number of methoxy groups -OCH3 is 1. The fourth-order valence-corrected chi connectivity index (χ4v) is 6.78. The second-order valence-corrected chi connectivity index (χ2v) is 12.8. The normalized spacial score (nSPS) is 14.5. The molecule has 1 fully saturated rings. The minimum atomic E-state index is -4.27. The van der Waals surface area contributed by atoms with Crippen LogP contribution in [0.2, 0.25) is 0 Å². The van der Waals surface area contributed by atoms with Gasteiger partial charge >= 0.3 is 0 Å². The SMILES string of the molecule is CC[C@H](C(=O)NC1CCCCC1)N(Cc1ccc(C)cc1)C(=O)CN(c1ccc(F)cc1)S(=O)(=O)c1ccc(OC)cc1. The van der Waals surface area contributed by atoms with Crippen molar-refractivity contribution in [3.63, 3.8) is 0 Å². The number of amides is 2. The Hall–Kier alpha value is -3.92. The minimum Gasteiger partial charge on any atom is -0.497 e. The number of aryl methyl sites for hydroxylation is 1. The topological polar surface area (TPSA) is 96.0 Å². The van der Waals surface area contributed by atoms with Crippen molar-refractivity contribution in [2.75, 3.05) is 18.0 Å². The number of ether oxygens (including phenoxy) is 1. The number of sulfonamides is 1. The standard InChI is InChI=1S/C33H40FN3O5S/c1-4-31(33(39)35-27-8-6-5-7-9-27)36(22-25-12-10-24(2)11-13-25)32(38)23-37(28-16-14-26(34)15-17-28)43(40,41)30-20-18-29(42-3)19-21-30/h10-21,27,31H,4-9,22-23H2,1-3H3,(H,35,39)/t31-/m1/s1. The monoisotopic (exact) mass is 609 g/mol. The first kappa shape index (κ1) is 32.0. The van der Waals surface area contributed by atoms with Crippen LogP contribution in [-0.2, 0) is 26.2 Å². The highest BCUT2D eigenvalue weighted by Crippen LogP contribution is 2.27. The van der Waals surface area contributed by atoms with Crippen molar-refractivity contribution >= 4 is 27.5 Å². The lowest BCUT2D eigenvalue weighted by Crippen LogP contribution is -2.54. The molecular weight excluding hydrogens is 569 g/mol. The molecule has 0 spiro atoms. The first-order chi connectivity index (χ1) is 20.6. The minimum absolute atomic E-state index is 0.0535. The Balaban J connectivity index is 1.69. The van der Waals surface area contributed by atoms with Crippen LogP contribution in [-0.4, -0.2) is 50.9 Å². The lowest BCUT2D eigenvalue weighted by molar-refractivity contribution is -0.140. The van der Waals surface area contributed by atoms with E-state index < -0.39 is 34.3 Å². The van der Waals surface area contributed by atoms with Gasteiger partial charge in [0, 0.05) is 12.6 Å². The zero-order valence-corrected chi connectivity index (χ0v) is 25.8. The van der Waals surface area contributed by atoms with Crippen LogP contribution in [0, 0.1) is 12.7 Å². The van der Waals surface area contributed by atoms with E-state index in [0.717, 1.165) is 59.7 Å². The summed E-state index contributed by atoms with van der Waals surface area (Å²) in [7, 11) is -2.79. The van der Waals surface area contributed by atoms with E-state index >= 15 is 0 Å². The number of nitrogens with zero attached hydrogens (tertiary/aromatic N) is 2. The van der Waals surface area contributed by atoms with Gasteiger partial charge in [0.05, 0.1) is 17.7 Å². The first-order valence-corrected chi connectivity index (χ1v) is 16.1. The lowest BCUT2D eigenvalue weighted by atomic mass is 9.95. The third-order valence-corrected chi connectivity index (χ3v) is 9.64. The number of benzene rings is 3. The highest BCUT2D eigenvalue weighted by molar-refractivity contribution is 7.92. The van der Waals surface area contributed by atoms with E-state index in [9.17, 15) is 22.4 Å². The molecule has 3 aromatic carbocycles. The summed E-state index contributed by atoms with van der Waals surface area (Å²) in [5.74, 6) is -0.862. The number of carbonyl (C=O) groups excluding carboxylic acids is 2. The summed E-state index contributed by atoms with van der Waals surface area (Å²) in [5, 5.41) is 3.14. The molecule has 1 aliphatic rings. The molecule has 2 amide bonds. The van der Waals surface area contributed by atoms with Crippen molar-refractivity contribution in [1.29, 1.82) is 0 Å². The second-order valence-electron chi connectivity index (χ2n) is 10.9. The maximum absolute atomic E-state index is 14.2. The maximum atomic E-state index is 14.2. The molecule has 43 heavy (non-hydrogen) atoms. The van der Waals surface area contributed by atoms with Gasteiger partial charge in [0.2, 0.25) is 11.8 Å². The number of rotatable bonds is 12. The van der Waals surface area contributed by atoms with Crippen LogP contribution >= 0.6 is 0 Å². The van der Waals surface area contributed by atoms with Crippen molar-refractivity contribution in [3.05, 3.63) is 89.7 Å². The van der Waals surface area contributed by atoms with Gasteiger partial charge in [-0.25, -0.2) is 12.8 Å². The molecule has 1 aliphatic carbocycles. The van der Waals surface area contributed by atoms with E-state index in [1.807, 2.05) is 38.1 Å². The van der Waals surface area contributed by atoms with Gasteiger partial charge in [0.15, 0.2) is 0 Å². The third-order valence-electron chi connectivity index (χ3n) is 7.85. The Labute approximate surface area is 253 Å².